The van der Waals surface area contributed by atoms with E-state index in [0.29, 0.717) is 0 Å². The summed E-state index contributed by atoms with van der Waals surface area (Å²) in [5, 5.41) is 7.25. The molecule has 0 aromatic heterocycles. The van der Waals surface area contributed by atoms with Crippen LogP contribution in [0.4, 0.5) is 0 Å². The van der Waals surface area contributed by atoms with Gasteiger partial charge in [-0.2, -0.15) is 0 Å². The van der Waals surface area contributed by atoms with Gasteiger partial charge in [0, 0.05) is 46.8 Å². The van der Waals surface area contributed by atoms with Crippen molar-refractivity contribution in [2.45, 2.75) is 128 Å². The van der Waals surface area contributed by atoms with Crippen molar-refractivity contribution in [3.63, 3.8) is 0 Å². The van der Waals surface area contributed by atoms with Crippen molar-refractivity contribution in [1.82, 2.24) is 10.6 Å². The molecule has 0 heterocycles. The summed E-state index contributed by atoms with van der Waals surface area (Å²) in [5.41, 5.74) is 4.95. The van der Waals surface area contributed by atoms with Crippen molar-refractivity contribution in [2.24, 2.45) is 21.7 Å². The van der Waals surface area contributed by atoms with Crippen LogP contribution in [-0.4, -0.2) is 43.2 Å². The average Bonchev–Trinajstić information content (AvgIpc) is 2.95. The molecule has 3 rings (SSSR count). The predicted octanol–water partition coefficient (Wildman–Crippen LogP) is 7.66. The Balaban J connectivity index is 0.00000118. The molecule has 3 aliphatic carbocycles. The van der Waals surface area contributed by atoms with Gasteiger partial charge in [0.05, 0.1) is 6.61 Å². The van der Waals surface area contributed by atoms with Crippen molar-refractivity contribution in [3.8, 4) is 0 Å². The summed E-state index contributed by atoms with van der Waals surface area (Å²) in [7, 11) is -4.42. The molecule has 0 unspecified atom stereocenters. The average molecular weight is 739 g/mol. The molecule has 49 heavy (non-hydrogen) atoms. The molecule has 0 aromatic rings. The molecule has 1 fully saturated rings. The second-order valence-electron chi connectivity index (χ2n) is 16.8. The summed E-state index contributed by atoms with van der Waals surface area (Å²) >= 11 is 1.06. The SMILES string of the molecule is CC(C)(C)C1=C/C(=C/N[C@H]2CCCC[C@@H]2N/C=C2/C=C(C(C)(C)C)C=C(C(C)(C)C)C2=O)C(=O)C(C(C)(C)C)=C1.CCOS(=O)(=O)[O-].[O]=[V]. The summed E-state index contributed by atoms with van der Waals surface area (Å²) in [6.45, 7) is 27.1. The van der Waals surface area contributed by atoms with Gasteiger partial charge in [0.25, 0.3) is 0 Å². The Labute approximate surface area is 305 Å². The fourth-order valence-electron chi connectivity index (χ4n) is 5.57. The molecule has 3 aliphatic rings. The quantitative estimate of drug-likeness (QED) is 0.160. The zero-order valence-electron chi connectivity index (χ0n) is 31.9. The second kappa shape index (κ2) is 17.7. The fraction of sp³-hybridized carbons (Fsp3) is 0.632. The van der Waals surface area contributed by atoms with Crippen LogP contribution in [0.2, 0.25) is 0 Å². The van der Waals surface area contributed by atoms with Crippen molar-refractivity contribution in [3.05, 3.63) is 70.1 Å². The molecule has 0 saturated heterocycles. The van der Waals surface area contributed by atoms with Gasteiger partial charge in [0.15, 0.2) is 11.6 Å². The van der Waals surface area contributed by atoms with Crippen LogP contribution < -0.4 is 10.6 Å². The van der Waals surface area contributed by atoms with Crippen LogP contribution in [-0.2, 0) is 45.2 Å². The Morgan fingerprint density at radius 1 is 0.694 bits per heavy atom. The van der Waals surface area contributed by atoms with E-state index < -0.39 is 10.4 Å². The van der Waals surface area contributed by atoms with E-state index in [-0.39, 0.29) is 51.9 Å². The van der Waals surface area contributed by atoms with Gasteiger partial charge in [-0.1, -0.05) is 108 Å². The zero-order valence-corrected chi connectivity index (χ0v) is 34.1. The second-order valence-corrected chi connectivity index (χ2v) is 17.9. The van der Waals surface area contributed by atoms with Crippen LogP contribution in [0, 0.1) is 21.7 Å². The summed E-state index contributed by atoms with van der Waals surface area (Å²) in [6.07, 6.45) is 16.5. The number of carbonyl (C=O) groups excluding carboxylic acids is 2. The Morgan fingerprint density at radius 2 is 1.02 bits per heavy atom. The Bertz CT molecular complexity index is 1410. The molecule has 0 aliphatic heterocycles. The number of rotatable bonds is 6. The van der Waals surface area contributed by atoms with Gasteiger partial charge in [-0.05, 0) is 64.7 Å². The van der Waals surface area contributed by atoms with E-state index in [1.54, 1.807) is 0 Å². The summed E-state index contributed by atoms with van der Waals surface area (Å²) in [6, 6.07) is 0.340. The summed E-state index contributed by atoms with van der Waals surface area (Å²) in [5.74, 6) is 0.203. The van der Waals surface area contributed by atoms with Gasteiger partial charge in [-0.25, -0.2) is 8.42 Å². The molecule has 275 valence electrons. The number of allylic oxidation sites excluding steroid dienone is 10. The molecule has 11 heteroatoms. The van der Waals surface area contributed by atoms with Crippen molar-refractivity contribution < 1.29 is 47.8 Å². The van der Waals surface area contributed by atoms with Crippen LogP contribution in [0.25, 0.3) is 0 Å². The van der Waals surface area contributed by atoms with Gasteiger partial charge in [-0.3, -0.25) is 13.8 Å². The van der Waals surface area contributed by atoms with Crippen LogP contribution in [0.5, 0.6) is 0 Å². The molecule has 0 spiro atoms. The predicted molar refractivity (Wildman–Crippen MR) is 191 cm³/mol. The van der Waals surface area contributed by atoms with Gasteiger partial charge in [0.1, 0.15) is 0 Å². The van der Waals surface area contributed by atoms with E-state index in [1.807, 2.05) is 12.4 Å². The minimum atomic E-state index is -4.42. The maximum absolute atomic E-state index is 13.5. The molecule has 1 saturated carbocycles. The van der Waals surface area contributed by atoms with E-state index in [1.165, 1.54) is 18.1 Å². The zero-order chi connectivity index (χ0) is 38.2. The first-order chi connectivity index (χ1) is 22.3. The molecular weight excluding hydrogens is 679 g/mol. The third-order valence-electron chi connectivity index (χ3n) is 8.52. The molecule has 9 nitrogen and oxygen atoms in total. The molecular formula is C38H59N2O7SV-. The van der Waals surface area contributed by atoms with Gasteiger partial charge in [-0.15, -0.1) is 0 Å². The van der Waals surface area contributed by atoms with E-state index in [2.05, 4.69) is 122 Å². The van der Waals surface area contributed by atoms with Crippen LogP contribution in [0.15, 0.2) is 70.1 Å². The molecule has 0 bridgehead atoms. The number of ketones is 2. The van der Waals surface area contributed by atoms with E-state index in [9.17, 15) is 22.6 Å². The molecule has 0 aromatic carbocycles. The normalized spacial score (nSPS) is 22.5. The first kappa shape index (κ1) is 44.7. The van der Waals surface area contributed by atoms with Crippen LogP contribution >= 0.6 is 0 Å². The Morgan fingerprint density at radius 3 is 1.24 bits per heavy atom. The van der Waals surface area contributed by atoms with E-state index in [0.717, 1.165) is 65.3 Å². The fourth-order valence-corrected chi connectivity index (χ4v) is 5.85. The minimum absolute atomic E-state index is 0.0519. The first-order valence-electron chi connectivity index (χ1n) is 16.9. The molecule has 0 amide bonds. The van der Waals surface area contributed by atoms with Crippen LogP contribution in [0.1, 0.15) is 116 Å². The van der Waals surface area contributed by atoms with Crippen LogP contribution in [0.3, 0.4) is 0 Å². The monoisotopic (exact) mass is 738 g/mol. The Hall–Kier alpha value is -2.37. The number of hydrogen-bond acceptors (Lipinski definition) is 9. The third-order valence-corrected chi connectivity index (χ3v) is 9.04. The van der Waals surface area contributed by atoms with Gasteiger partial charge in [0.2, 0.25) is 10.4 Å². The van der Waals surface area contributed by atoms with Gasteiger partial charge >= 0.3 is 21.0 Å². The van der Waals surface area contributed by atoms with Crippen molar-refractivity contribution >= 4 is 22.0 Å². The third kappa shape index (κ3) is 14.1. The van der Waals surface area contributed by atoms with E-state index in [4.69, 9.17) is 3.67 Å². The Kier molecular flexibility index (Phi) is 16.1. The van der Waals surface area contributed by atoms with Crippen molar-refractivity contribution in [1.29, 1.82) is 0 Å². The van der Waals surface area contributed by atoms with Gasteiger partial charge < -0.3 is 15.2 Å². The number of nitrogens with one attached hydrogen (secondary N) is 2. The van der Waals surface area contributed by atoms with Crippen molar-refractivity contribution in [2.75, 3.05) is 6.61 Å². The maximum atomic E-state index is 13.5. The number of hydrogen-bond donors (Lipinski definition) is 2. The van der Waals surface area contributed by atoms with E-state index >= 15 is 0 Å². The summed E-state index contributed by atoms with van der Waals surface area (Å²) in [4.78, 5) is 27.0. The molecule has 0 radical (unpaired) electrons. The first-order valence-corrected chi connectivity index (χ1v) is 18.8. The molecule has 2 atom stereocenters. The standard InChI is InChI=1S/C36H54N2O2.C2H6O4S.O.V/c1-33(2,3)25-17-23(31(39)27(19-25)35(7,8)9)21-37-29-15-13-14-16-30(29)38-22-24-18-26(34(4,5)6)20-28(32(24)40)36(10,11)12;1-2-6-7(3,4)5;;/h17-22,29-30,37-38H,13-16H2,1-12H3;2H2,1H3,(H,3,4,5);;/p-1/b23-21-,24-22-;;;/t29-,30-;;;/m0.../s1. The number of carbonyl (C=O) groups is 2. The summed E-state index contributed by atoms with van der Waals surface area (Å²) < 4.78 is 40.2. The molecule has 2 N–H and O–H groups in total. The number of Topliss-reactive ketones (excluding diaryl/α,β-unsaturated/α-hetero) is 2. The topological polar surface area (TPSA) is 142 Å².